The first kappa shape index (κ1) is 20.9. The lowest BCUT2D eigenvalue weighted by Crippen LogP contribution is -2.38. The predicted molar refractivity (Wildman–Crippen MR) is 117 cm³/mol. The molecule has 0 radical (unpaired) electrons. The molecule has 0 unspecified atom stereocenters. The van der Waals surface area contributed by atoms with Gasteiger partial charge in [0.2, 0.25) is 0 Å². The number of carbonyl (C=O) groups is 1. The summed E-state index contributed by atoms with van der Waals surface area (Å²) in [5, 5.41) is 3.80. The molecule has 1 amide bonds. The number of nitrogens with one attached hydrogen (secondary N) is 2. The number of nitrogens with zero attached hydrogens (tertiary/aromatic N) is 1. The van der Waals surface area contributed by atoms with Crippen LogP contribution >= 0.6 is 27.5 Å². The van der Waals surface area contributed by atoms with Crippen molar-refractivity contribution in [3.05, 3.63) is 66.5 Å². The van der Waals surface area contributed by atoms with Crippen LogP contribution in [0.2, 0.25) is 5.02 Å². The third kappa shape index (κ3) is 3.98. The summed E-state index contributed by atoms with van der Waals surface area (Å²) in [7, 11) is 0. The Hall–Kier alpha value is -1.79. The Balaban J connectivity index is 1.84. The maximum Gasteiger partial charge on any atom is 0.283 e. The summed E-state index contributed by atoms with van der Waals surface area (Å²) < 4.78 is 1.87. The molecule has 5 nitrogen and oxygen atoms in total. The van der Waals surface area contributed by atoms with Gasteiger partial charge in [-0.1, -0.05) is 30.7 Å². The van der Waals surface area contributed by atoms with Gasteiger partial charge in [-0.3, -0.25) is 9.59 Å². The molecule has 150 valence electrons. The number of rotatable bonds is 7. The topological polar surface area (TPSA) is 63.1 Å². The fourth-order valence-electron chi connectivity index (χ4n) is 3.51. The number of aromatic nitrogens is 1. The number of pyridine rings is 1. The second-order valence-corrected chi connectivity index (χ2v) is 8.65. The highest BCUT2D eigenvalue weighted by Gasteiger charge is 2.44. The SMILES string of the molecule is CCCNn1c(C)c(C(=O)NCC2(c3ccc(Cl)cc3)CC2)c(C)c(Br)c1=O. The van der Waals surface area contributed by atoms with Gasteiger partial charge in [0.25, 0.3) is 11.5 Å². The molecule has 1 aliphatic carbocycles. The Morgan fingerprint density at radius 1 is 1.25 bits per heavy atom. The van der Waals surface area contributed by atoms with Gasteiger partial charge in [0.1, 0.15) is 0 Å². The zero-order chi connectivity index (χ0) is 20.5. The Bertz CT molecular complexity index is 950. The van der Waals surface area contributed by atoms with Crippen molar-refractivity contribution >= 4 is 33.4 Å². The first-order chi connectivity index (χ1) is 13.3. The Morgan fingerprint density at radius 3 is 2.46 bits per heavy atom. The van der Waals surface area contributed by atoms with Crippen LogP contribution in [0.3, 0.4) is 0 Å². The summed E-state index contributed by atoms with van der Waals surface area (Å²) in [4.78, 5) is 25.6. The molecule has 7 heteroatoms. The van der Waals surface area contributed by atoms with Gasteiger partial charge < -0.3 is 10.7 Å². The molecule has 1 aromatic heterocycles. The Kier molecular flexibility index (Phi) is 6.20. The van der Waals surface area contributed by atoms with E-state index in [4.69, 9.17) is 11.6 Å². The van der Waals surface area contributed by atoms with Crippen LogP contribution in [0, 0.1) is 13.8 Å². The summed E-state index contributed by atoms with van der Waals surface area (Å²) in [6.45, 7) is 6.83. The maximum atomic E-state index is 13.0. The third-order valence-corrected chi connectivity index (χ3v) is 6.62. The van der Waals surface area contributed by atoms with Gasteiger partial charge in [-0.15, -0.1) is 0 Å². The van der Waals surface area contributed by atoms with Gasteiger partial charge in [0.05, 0.1) is 15.7 Å². The Morgan fingerprint density at radius 2 is 1.89 bits per heavy atom. The van der Waals surface area contributed by atoms with Crippen LogP contribution in [-0.4, -0.2) is 23.7 Å². The Labute approximate surface area is 178 Å². The van der Waals surface area contributed by atoms with E-state index < -0.39 is 0 Å². The second-order valence-electron chi connectivity index (χ2n) is 7.42. The van der Waals surface area contributed by atoms with Crippen molar-refractivity contribution in [1.29, 1.82) is 0 Å². The highest BCUT2D eigenvalue weighted by atomic mass is 79.9. The van der Waals surface area contributed by atoms with E-state index in [0.29, 0.717) is 39.4 Å². The van der Waals surface area contributed by atoms with E-state index in [1.165, 1.54) is 10.2 Å². The minimum atomic E-state index is -0.181. The van der Waals surface area contributed by atoms with Crippen molar-refractivity contribution in [2.24, 2.45) is 0 Å². The summed E-state index contributed by atoms with van der Waals surface area (Å²) in [5.74, 6) is -0.164. The maximum absolute atomic E-state index is 13.0. The summed E-state index contributed by atoms with van der Waals surface area (Å²) in [6.07, 6.45) is 2.95. The summed E-state index contributed by atoms with van der Waals surface area (Å²) in [5.41, 5.74) is 5.89. The van der Waals surface area contributed by atoms with Gasteiger partial charge in [-0.05, 0) is 72.3 Å². The molecular weight excluding hydrogens is 442 g/mol. The zero-order valence-electron chi connectivity index (χ0n) is 16.4. The monoisotopic (exact) mass is 465 g/mol. The van der Waals surface area contributed by atoms with Gasteiger partial charge in [0.15, 0.2) is 0 Å². The molecule has 1 aromatic carbocycles. The smallest absolute Gasteiger partial charge is 0.283 e. The van der Waals surface area contributed by atoms with Crippen molar-refractivity contribution in [2.45, 2.75) is 45.4 Å². The number of hydrogen-bond acceptors (Lipinski definition) is 3. The molecule has 3 rings (SSSR count). The number of hydrogen-bond donors (Lipinski definition) is 2. The van der Waals surface area contributed by atoms with E-state index in [1.807, 2.05) is 31.2 Å². The first-order valence-electron chi connectivity index (χ1n) is 9.50. The van der Waals surface area contributed by atoms with Crippen LogP contribution in [0.25, 0.3) is 0 Å². The van der Waals surface area contributed by atoms with E-state index in [-0.39, 0.29) is 16.9 Å². The third-order valence-electron chi connectivity index (χ3n) is 5.44. The molecule has 1 heterocycles. The first-order valence-corrected chi connectivity index (χ1v) is 10.7. The highest BCUT2D eigenvalue weighted by Crippen LogP contribution is 2.47. The molecular formula is C21H25BrClN3O2. The average molecular weight is 467 g/mol. The van der Waals surface area contributed by atoms with E-state index in [2.05, 4.69) is 26.7 Å². The lowest BCUT2D eigenvalue weighted by Gasteiger charge is -2.21. The fraction of sp³-hybridized carbons (Fsp3) is 0.429. The lowest BCUT2D eigenvalue weighted by atomic mass is 9.95. The van der Waals surface area contributed by atoms with E-state index in [0.717, 1.165) is 19.3 Å². The predicted octanol–water partition coefficient (Wildman–Crippen LogP) is 4.30. The standard InChI is InChI=1S/C21H25BrClN3O2/c1-4-11-25-26-14(3)17(13(2)18(22)20(26)28)19(27)24-12-21(9-10-21)15-5-7-16(23)8-6-15/h5-8,25H,4,9-12H2,1-3H3,(H,24,27). The molecule has 1 fully saturated rings. The highest BCUT2D eigenvalue weighted by molar-refractivity contribution is 9.10. The molecule has 2 N–H and O–H groups in total. The summed E-state index contributed by atoms with van der Waals surface area (Å²) >= 11 is 9.35. The van der Waals surface area contributed by atoms with Crippen molar-refractivity contribution in [3.8, 4) is 0 Å². The molecule has 1 aliphatic rings. The van der Waals surface area contributed by atoms with Gasteiger partial charge in [-0.2, -0.15) is 0 Å². The van der Waals surface area contributed by atoms with Crippen molar-refractivity contribution < 1.29 is 4.79 Å². The van der Waals surface area contributed by atoms with Gasteiger partial charge in [0, 0.05) is 23.5 Å². The van der Waals surface area contributed by atoms with Crippen molar-refractivity contribution in [2.75, 3.05) is 18.5 Å². The molecule has 0 aliphatic heterocycles. The second kappa shape index (κ2) is 8.29. The number of benzene rings is 1. The molecule has 0 bridgehead atoms. The molecule has 28 heavy (non-hydrogen) atoms. The van der Waals surface area contributed by atoms with Gasteiger partial charge >= 0.3 is 0 Å². The average Bonchev–Trinajstić information content (AvgIpc) is 3.46. The van der Waals surface area contributed by atoms with E-state index >= 15 is 0 Å². The van der Waals surface area contributed by atoms with Crippen LogP contribution in [0.15, 0.2) is 33.5 Å². The zero-order valence-corrected chi connectivity index (χ0v) is 18.7. The van der Waals surface area contributed by atoms with Gasteiger partial charge in [-0.25, -0.2) is 4.68 Å². The molecule has 0 spiro atoms. The van der Waals surface area contributed by atoms with Crippen LogP contribution in [0.1, 0.15) is 53.4 Å². The largest absolute Gasteiger partial charge is 0.351 e. The number of halogens is 2. The normalized spacial score (nSPS) is 14.6. The molecule has 1 saturated carbocycles. The van der Waals surface area contributed by atoms with Crippen LogP contribution in [0.5, 0.6) is 0 Å². The van der Waals surface area contributed by atoms with Crippen LogP contribution in [0.4, 0.5) is 0 Å². The van der Waals surface area contributed by atoms with E-state index in [9.17, 15) is 9.59 Å². The van der Waals surface area contributed by atoms with E-state index in [1.54, 1.807) is 13.8 Å². The minimum Gasteiger partial charge on any atom is -0.351 e. The van der Waals surface area contributed by atoms with Crippen LogP contribution in [-0.2, 0) is 5.41 Å². The number of amides is 1. The minimum absolute atomic E-state index is 0.0196. The quantitative estimate of drug-likeness (QED) is 0.639. The number of carbonyl (C=O) groups excluding carboxylic acids is 1. The van der Waals surface area contributed by atoms with Crippen molar-refractivity contribution in [1.82, 2.24) is 9.99 Å². The van der Waals surface area contributed by atoms with Crippen molar-refractivity contribution in [3.63, 3.8) is 0 Å². The molecule has 0 atom stereocenters. The molecule has 0 saturated heterocycles. The fourth-order valence-corrected chi connectivity index (χ4v) is 4.01. The van der Waals surface area contributed by atoms with Crippen LogP contribution < -0.4 is 16.3 Å². The lowest BCUT2D eigenvalue weighted by molar-refractivity contribution is 0.0947. The molecule has 2 aromatic rings. The summed E-state index contributed by atoms with van der Waals surface area (Å²) in [6, 6.07) is 7.84.